The topological polar surface area (TPSA) is 106 Å². The van der Waals surface area contributed by atoms with E-state index >= 15 is 0 Å². The van der Waals surface area contributed by atoms with Crippen molar-refractivity contribution in [3.05, 3.63) is 52.8 Å². The zero-order valence-corrected chi connectivity index (χ0v) is 18.4. The predicted octanol–water partition coefficient (Wildman–Crippen LogP) is 3.49. The number of anilines is 1. The minimum atomic E-state index is -0.536. The maximum absolute atomic E-state index is 13.2. The molecule has 1 aliphatic heterocycles. The molecule has 1 saturated heterocycles. The molecule has 3 aromatic rings. The monoisotopic (exact) mass is 458 g/mol. The smallest absolute Gasteiger partial charge is 0.411 e. The van der Waals surface area contributed by atoms with Crippen LogP contribution in [0.15, 0.2) is 36.7 Å². The van der Waals surface area contributed by atoms with E-state index in [1.165, 1.54) is 20.4 Å². The Labute approximate surface area is 189 Å². The third-order valence-electron chi connectivity index (χ3n) is 5.39. The maximum atomic E-state index is 13.2. The number of rotatable bonds is 5. The molecule has 3 heterocycles. The Morgan fingerprint density at radius 3 is 2.94 bits per heavy atom. The number of carbonyl (C=O) groups excluding carboxylic acids is 2. The molecule has 4 rings (SSSR count). The normalized spacial score (nSPS) is 16.1. The summed E-state index contributed by atoms with van der Waals surface area (Å²) in [6.45, 7) is 1.33. The number of aromatic amines is 1. The van der Waals surface area contributed by atoms with Crippen LogP contribution in [0.3, 0.4) is 0 Å². The first-order chi connectivity index (χ1) is 15.5. The van der Waals surface area contributed by atoms with Gasteiger partial charge in [0.15, 0.2) is 0 Å². The molecule has 0 radical (unpaired) electrons. The highest BCUT2D eigenvalue weighted by Crippen LogP contribution is 2.27. The van der Waals surface area contributed by atoms with Crippen molar-refractivity contribution in [1.82, 2.24) is 14.9 Å². The highest BCUT2D eigenvalue weighted by molar-refractivity contribution is 6.32. The Morgan fingerprint density at radius 2 is 2.19 bits per heavy atom. The van der Waals surface area contributed by atoms with Crippen molar-refractivity contribution in [2.75, 3.05) is 39.3 Å². The van der Waals surface area contributed by atoms with Crippen LogP contribution in [0.1, 0.15) is 15.9 Å². The van der Waals surface area contributed by atoms with E-state index in [9.17, 15) is 9.59 Å². The average molecular weight is 459 g/mol. The van der Waals surface area contributed by atoms with Crippen molar-refractivity contribution in [2.45, 2.75) is 12.5 Å². The summed E-state index contributed by atoms with van der Waals surface area (Å²) >= 11 is 6.16. The number of carbonyl (C=O) groups is 2. The molecule has 1 aliphatic rings. The number of aromatic nitrogens is 2. The van der Waals surface area contributed by atoms with Gasteiger partial charge in [-0.2, -0.15) is 0 Å². The number of benzene rings is 1. The van der Waals surface area contributed by atoms with Crippen molar-refractivity contribution in [3.8, 4) is 5.88 Å². The fraction of sp³-hybridized carbons (Fsp3) is 0.318. The summed E-state index contributed by atoms with van der Waals surface area (Å²) < 4.78 is 15.4. The van der Waals surface area contributed by atoms with Gasteiger partial charge in [-0.25, -0.2) is 9.78 Å². The molecule has 2 N–H and O–H groups in total. The highest BCUT2D eigenvalue weighted by Gasteiger charge is 2.29. The summed E-state index contributed by atoms with van der Waals surface area (Å²) in [6, 6.07) is 6.95. The van der Waals surface area contributed by atoms with Crippen molar-refractivity contribution >= 4 is 40.2 Å². The minimum absolute atomic E-state index is 0.164. The maximum Gasteiger partial charge on any atom is 0.411 e. The summed E-state index contributed by atoms with van der Waals surface area (Å²) in [5.41, 5.74) is 2.95. The molecule has 1 aromatic carbocycles. The van der Waals surface area contributed by atoms with E-state index in [0.29, 0.717) is 37.4 Å². The summed E-state index contributed by atoms with van der Waals surface area (Å²) in [4.78, 5) is 33.9. The van der Waals surface area contributed by atoms with E-state index in [0.717, 1.165) is 16.5 Å². The average Bonchev–Trinajstić information content (AvgIpc) is 3.20. The number of nitrogens with zero attached hydrogens (tertiary/aromatic N) is 2. The molecule has 9 nitrogen and oxygen atoms in total. The molecule has 1 atom stereocenters. The lowest BCUT2D eigenvalue weighted by atomic mass is 10.0. The summed E-state index contributed by atoms with van der Waals surface area (Å²) in [5, 5.41) is 3.91. The van der Waals surface area contributed by atoms with Gasteiger partial charge in [0.25, 0.3) is 5.91 Å². The van der Waals surface area contributed by atoms with Crippen molar-refractivity contribution in [3.63, 3.8) is 0 Å². The zero-order valence-electron chi connectivity index (χ0n) is 17.7. The summed E-state index contributed by atoms with van der Waals surface area (Å²) in [6.07, 6.45) is 3.42. The van der Waals surface area contributed by atoms with E-state index in [1.807, 2.05) is 18.3 Å². The molecule has 2 amide bonds. The predicted molar refractivity (Wildman–Crippen MR) is 119 cm³/mol. The lowest BCUT2D eigenvalue weighted by molar-refractivity contribution is -0.00158. The third kappa shape index (κ3) is 4.49. The van der Waals surface area contributed by atoms with Crippen molar-refractivity contribution in [1.29, 1.82) is 0 Å². The second kappa shape index (κ2) is 9.46. The van der Waals surface area contributed by atoms with E-state index in [-0.39, 0.29) is 22.9 Å². The number of nitrogens with one attached hydrogen (secondary N) is 2. The van der Waals surface area contributed by atoms with Gasteiger partial charge in [0.2, 0.25) is 5.88 Å². The molecule has 0 spiro atoms. The Morgan fingerprint density at radius 1 is 1.34 bits per heavy atom. The van der Waals surface area contributed by atoms with Gasteiger partial charge < -0.3 is 24.1 Å². The number of hydrogen-bond donors (Lipinski definition) is 2. The lowest BCUT2D eigenvalue weighted by Crippen LogP contribution is -2.49. The number of pyridine rings is 1. The van der Waals surface area contributed by atoms with Crippen LogP contribution < -0.4 is 10.1 Å². The molecule has 168 valence electrons. The Bertz CT molecular complexity index is 1150. The van der Waals surface area contributed by atoms with Gasteiger partial charge in [-0.3, -0.25) is 10.1 Å². The summed E-state index contributed by atoms with van der Waals surface area (Å²) in [7, 11) is 2.79. The fourth-order valence-corrected chi connectivity index (χ4v) is 4.04. The first-order valence-corrected chi connectivity index (χ1v) is 10.4. The molecule has 1 fully saturated rings. The minimum Gasteiger partial charge on any atom is -0.480 e. The zero-order chi connectivity index (χ0) is 22.7. The Balaban J connectivity index is 1.57. The Hall–Kier alpha value is -3.30. The van der Waals surface area contributed by atoms with Gasteiger partial charge in [-0.1, -0.05) is 11.6 Å². The second-order valence-corrected chi connectivity index (χ2v) is 7.74. The number of amides is 2. The molecule has 32 heavy (non-hydrogen) atoms. The first kappa shape index (κ1) is 21.9. The van der Waals surface area contributed by atoms with Crippen LogP contribution in [-0.4, -0.2) is 66.9 Å². The van der Waals surface area contributed by atoms with E-state index in [4.69, 9.17) is 21.1 Å². The molecule has 0 saturated carbocycles. The standard InChI is InChI=1S/C22H23ClN4O5/c1-30-20-18(23)8-14(11-25-20)21(28)27-5-6-32-12-16(27)7-13-10-24-19-4-3-15(9-17(13)19)26-22(29)31-2/h3-4,8-11,16,24H,5-7,12H2,1-2H3,(H,26,29)/t16-/m0/s1. The Kier molecular flexibility index (Phi) is 6.48. The number of methoxy groups -OCH3 is 2. The number of fused-ring (bicyclic) bond motifs is 1. The van der Waals surface area contributed by atoms with Crippen LogP contribution in [0.2, 0.25) is 5.02 Å². The largest absolute Gasteiger partial charge is 0.480 e. The number of ether oxygens (including phenoxy) is 3. The molecule has 2 aromatic heterocycles. The second-order valence-electron chi connectivity index (χ2n) is 7.34. The van der Waals surface area contributed by atoms with E-state index in [1.54, 1.807) is 17.0 Å². The van der Waals surface area contributed by atoms with Crippen LogP contribution in [0, 0.1) is 0 Å². The number of hydrogen-bond acceptors (Lipinski definition) is 6. The third-order valence-corrected chi connectivity index (χ3v) is 5.66. The molecular weight excluding hydrogens is 436 g/mol. The van der Waals surface area contributed by atoms with Crippen molar-refractivity contribution < 1.29 is 23.8 Å². The molecule has 0 unspecified atom stereocenters. The molecular formula is C22H23ClN4O5. The highest BCUT2D eigenvalue weighted by atomic mass is 35.5. The van der Waals surface area contributed by atoms with Crippen LogP contribution in [0.4, 0.5) is 10.5 Å². The van der Waals surface area contributed by atoms with Crippen molar-refractivity contribution in [2.24, 2.45) is 0 Å². The van der Waals surface area contributed by atoms with Crippen LogP contribution >= 0.6 is 11.6 Å². The van der Waals surface area contributed by atoms with Crippen LogP contribution in [-0.2, 0) is 15.9 Å². The first-order valence-electron chi connectivity index (χ1n) is 10.0. The number of H-pyrrole nitrogens is 1. The number of halogens is 1. The van der Waals surface area contributed by atoms with Gasteiger partial charge in [0.05, 0.1) is 39.0 Å². The van der Waals surface area contributed by atoms with Gasteiger partial charge in [-0.15, -0.1) is 0 Å². The summed E-state index contributed by atoms with van der Waals surface area (Å²) in [5.74, 6) is 0.111. The molecule has 0 aliphatic carbocycles. The van der Waals surface area contributed by atoms with Gasteiger partial charge >= 0.3 is 6.09 Å². The van der Waals surface area contributed by atoms with Gasteiger partial charge in [0.1, 0.15) is 5.02 Å². The van der Waals surface area contributed by atoms with Crippen LogP contribution in [0.25, 0.3) is 10.9 Å². The van der Waals surface area contributed by atoms with Gasteiger partial charge in [-0.05, 0) is 36.2 Å². The lowest BCUT2D eigenvalue weighted by Gasteiger charge is -2.35. The van der Waals surface area contributed by atoms with E-state index < -0.39 is 6.09 Å². The van der Waals surface area contributed by atoms with Crippen LogP contribution in [0.5, 0.6) is 5.88 Å². The van der Waals surface area contributed by atoms with Gasteiger partial charge in [0, 0.05) is 35.5 Å². The molecule has 10 heteroatoms. The fourth-order valence-electron chi connectivity index (χ4n) is 3.80. The quantitative estimate of drug-likeness (QED) is 0.606. The number of morpholine rings is 1. The SMILES string of the molecule is COC(=O)Nc1ccc2[nH]cc(C[C@H]3COCCN3C(=O)c3cnc(OC)c(Cl)c3)c2c1. The van der Waals surface area contributed by atoms with E-state index in [2.05, 4.69) is 20.0 Å². The molecule has 0 bridgehead atoms.